The Bertz CT molecular complexity index is 595. The van der Waals surface area contributed by atoms with Crippen LogP contribution in [0.25, 0.3) is 5.57 Å². The van der Waals surface area contributed by atoms with Crippen LogP contribution in [0.4, 0.5) is 4.39 Å². The first-order chi connectivity index (χ1) is 10.0. The van der Waals surface area contributed by atoms with Gasteiger partial charge in [0.05, 0.1) is 25.4 Å². The van der Waals surface area contributed by atoms with Crippen LogP contribution in [0.15, 0.2) is 22.4 Å². The van der Waals surface area contributed by atoms with E-state index in [4.69, 9.17) is 9.47 Å². The monoisotopic (exact) mass is 356 g/mol. The first-order valence-electron chi connectivity index (χ1n) is 6.88. The Labute approximate surface area is 132 Å². The number of ether oxygens (including phenoxy) is 2. The highest BCUT2D eigenvalue weighted by Gasteiger charge is 2.33. The Balaban J connectivity index is 2.72. The number of hydrogen-bond donors (Lipinski definition) is 0. The third-order valence-electron chi connectivity index (χ3n) is 3.82. The third kappa shape index (κ3) is 2.98. The topological polar surface area (TPSA) is 35.5 Å². The van der Waals surface area contributed by atoms with Crippen LogP contribution in [0, 0.1) is 11.7 Å². The van der Waals surface area contributed by atoms with Gasteiger partial charge in [0.15, 0.2) is 5.78 Å². The second-order valence-electron chi connectivity index (χ2n) is 4.98. The van der Waals surface area contributed by atoms with Crippen molar-refractivity contribution < 1.29 is 18.7 Å². The smallest absolute Gasteiger partial charge is 0.167 e. The van der Waals surface area contributed by atoms with Gasteiger partial charge in [-0.3, -0.25) is 4.79 Å². The standard InChI is InChI=1S/C16H18BrFO3/c1-4-9-5-6-12(19)15(16(9)21-3)14-11(18)7-10(17)8-13(14)20-2/h7-9H,4-6H2,1-3H3. The number of carbonyl (C=O) groups is 1. The summed E-state index contributed by atoms with van der Waals surface area (Å²) in [5, 5.41) is 0. The molecule has 5 heteroatoms. The number of methoxy groups -OCH3 is 2. The van der Waals surface area contributed by atoms with Crippen molar-refractivity contribution in [1.29, 1.82) is 0 Å². The maximum absolute atomic E-state index is 14.4. The van der Waals surface area contributed by atoms with E-state index in [9.17, 15) is 9.18 Å². The van der Waals surface area contributed by atoms with Gasteiger partial charge in [-0.1, -0.05) is 22.9 Å². The fourth-order valence-corrected chi connectivity index (χ4v) is 3.19. The molecule has 1 aromatic carbocycles. The molecule has 114 valence electrons. The summed E-state index contributed by atoms with van der Waals surface area (Å²) in [7, 11) is 2.99. The van der Waals surface area contributed by atoms with Crippen molar-refractivity contribution in [3.05, 3.63) is 33.7 Å². The number of benzene rings is 1. The van der Waals surface area contributed by atoms with E-state index in [2.05, 4.69) is 15.9 Å². The molecule has 0 saturated heterocycles. The predicted octanol–water partition coefficient (Wildman–Crippen LogP) is 4.34. The van der Waals surface area contributed by atoms with E-state index in [1.54, 1.807) is 6.07 Å². The number of ketones is 1. The molecule has 1 atom stereocenters. The fraction of sp³-hybridized carbons (Fsp3) is 0.438. The summed E-state index contributed by atoms with van der Waals surface area (Å²) >= 11 is 3.23. The molecule has 0 radical (unpaired) electrons. The van der Waals surface area contributed by atoms with Crippen LogP contribution in [-0.4, -0.2) is 20.0 Å². The first kappa shape index (κ1) is 16.0. The van der Waals surface area contributed by atoms with E-state index < -0.39 is 5.82 Å². The third-order valence-corrected chi connectivity index (χ3v) is 4.28. The summed E-state index contributed by atoms with van der Waals surface area (Å²) in [6.07, 6.45) is 1.99. The summed E-state index contributed by atoms with van der Waals surface area (Å²) < 4.78 is 25.7. The van der Waals surface area contributed by atoms with Crippen LogP contribution in [-0.2, 0) is 9.53 Å². The lowest BCUT2D eigenvalue weighted by Crippen LogP contribution is -2.20. The molecule has 3 nitrogen and oxygen atoms in total. The van der Waals surface area contributed by atoms with Gasteiger partial charge < -0.3 is 9.47 Å². The lowest BCUT2D eigenvalue weighted by molar-refractivity contribution is -0.114. The van der Waals surface area contributed by atoms with Gasteiger partial charge in [-0.05, 0) is 25.0 Å². The maximum Gasteiger partial charge on any atom is 0.167 e. The average molecular weight is 357 g/mol. The van der Waals surface area contributed by atoms with E-state index in [0.717, 1.165) is 12.8 Å². The highest BCUT2D eigenvalue weighted by atomic mass is 79.9. The number of Topliss-reactive ketones (excluding diaryl/α,β-unsaturated/α-hetero) is 1. The van der Waals surface area contributed by atoms with Crippen LogP contribution >= 0.6 is 15.9 Å². The van der Waals surface area contributed by atoms with Crippen molar-refractivity contribution in [2.45, 2.75) is 26.2 Å². The molecular formula is C16H18BrFO3. The van der Waals surface area contributed by atoms with Gasteiger partial charge in [-0.2, -0.15) is 0 Å². The number of hydrogen-bond acceptors (Lipinski definition) is 3. The van der Waals surface area contributed by atoms with E-state index >= 15 is 0 Å². The number of halogens is 2. The maximum atomic E-state index is 14.4. The molecule has 0 bridgehead atoms. The largest absolute Gasteiger partial charge is 0.500 e. The van der Waals surface area contributed by atoms with Crippen molar-refractivity contribution in [1.82, 2.24) is 0 Å². The molecule has 1 unspecified atom stereocenters. The lowest BCUT2D eigenvalue weighted by atomic mass is 9.82. The molecule has 0 aliphatic heterocycles. The van der Waals surface area contributed by atoms with Gasteiger partial charge in [-0.25, -0.2) is 4.39 Å². The summed E-state index contributed by atoms with van der Waals surface area (Å²) in [6, 6.07) is 2.99. The van der Waals surface area contributed by atoms with Crippen molar-refractivity contribution in [3.63, 3.8) is 0 Å². The minimum atomic E-state index is -0.490. The molecule has 0 aromatic heterocycles. The highest BCUT2D eigenvalue weighted by Crippen LogP contribution is 2.41. The van der Waals surface area contributed by atoms with Crippen molar-refractivity contribution >= 4 is 27.3 Å². The summed E-state index contributed by atoms with van der Waals surface area (Å²) in [5.41, 5.74) is 0.512. The Kier molecular flexibility index (Phi) is 5.04. The van der Waals surface area contributed by atoms with E-state index in [1.807, 2.05) is 6.92 Å². The molecule has 0 heterocycles. The predicted molar refractivity (Wildman–Crippen MR) is 82.6 cm³/mol. The SMILES string of the molecule is CCC1CCC(=O)C(c2c(F)cc(Br)cc2OC)=C1OC. The molecule has 0 saturated carbocycles. The Morgan fingerprint density at radius 2 is 2.05 bits per heavy atom. The molecular weight excluding hydrogens is 339 g/mol. The van der Waals surface area contributed by atoms with Gasteiger partial charge >= 0.3 is 0 Å². The van der Waals surface area contributed by atoms with E-state index in [1.165, 1.54) is 20.3 Å². The molecule has 0 N–H and O–H groups in total. The summed E-state index contributed by atoms with van der Waals surface area (Å²) in [5.74, 6) is 0.437. The quantitative estimate of drug-likeness (QED) is 0.804. The molecule has 1 aliphatic carbocycles. The van der Waals surface area contributed by atoms with Gasteiger partial charge in [0.1, 0.15) is 17.3 Å². The molecule has 1 aromatic rings. The Morgan fingerprint density at radius 1 is 1.33 bits per heavy atom. The molecule has 2 rings (SSSR count). The minimum Gasteiger partial charge on any atom is -0.500 e. The Morgan fingerprint density at radius 3 is 2.62 bits per heavy atom. The fourth-order valence-electron chi connectivity index (χ4n) is 2.78. The molecule has 1 aliphatic rings. The minimum absolute atomic E-state index is 0.101. The van der Waals surface area contributed by atoms with Crippen molar-refractivity contribution in [2.24, 2.45) is 5.92 Å². The zero-order chi connectivity index (χ0) is 15.6. The van der Waals surface area contributed by atoms with Crippen LogP contribution in [0.5, 0.6) is 5.75 Å². The number of carbonyl (C=O) groups excluding carboxylic acids is 1. The number of allylic oxidation sites excluding steroid dienone is 2. The summed E-state index contributed by atoms with van der Waals surface area (Å²) in [6.45, 7) is 2.03. The number of rotatable bonds is 4. The normalized spacial score (nSPS) is 18.9. The van der Waals surface area contributed by atoms with Gasteiger partial charge in [0.25, 0.3) is 0 Å². The zero-order valence-electron chi connectivity index (χ0n) is 12.3. The van der Waals surface area contributed by atoms with Crippen molar-refractivity contribution in [3.8, 4) is 5.75 Å². The molecule has 0 amide bonds. The highest BCUT2D eigenvalue weighted by molar-refractivity contribution is 9.10. The lowest BCUT2D eigenvalue weighted by Gasteiger charge is -2.27. The van der Waals surface area contributed by atoms with Gasteiger partial charge in [-0.15, -0.1) is 0 Å². The molecule has 0 spiro atoms. The molecule has 0 fully saturated rings. The molecule has 21 heavy (non-hydrogen) atoms. The van der Waals surface area contributed by atoms with Crippen molar-refractivity contribution in [2.75, 3.05) is 14.2 Å². The van der Waals surface area contributed by atoms with Gasteiger partial charge in [0.2, 0.25) is 0 Å². The zero-order valence-corrected chi connectivity index (χ0v) is 13.9. The van der Waals surface area contributed by atoms with Crippen LogP contribution < -0.4 is 4.74 Å². The van der Waals surface area contributed by atoms with Crippen LogP contribution in [0.2, 0.25) is 0 Å². The van der Waals surface area contributed by atoms with Gasteiger partial charge in [0, 0.05) is 16.8 Å². The van der Waals surface area contributed by atoms with Crippen LogP contribution in [0.1, 0.15) is 31.7 Å². The van der Waals surface area contributed by atoms with E-state index in [-0.39, 0.29) is 17.3 Å². The van der Waals surface area contributed by atoms with Crippen LogP contribution in [0.3, 0.4) is 0 Å². The van der Waals surface area contributed by atoms with E-state index in [0.29, 0.717) is 28.0 Å². The summed E-state index contributed by atoms with van der Waals surface area (Å²) in [4.78, 5) is 12.4. The first-order valence-corrected chi connectivity index (χ1v) is 7.67. The second kappa shape index (κ2) is 6.60. The average Bonchev–Trinajstić information content (AvgIpc) is 2.46. The Hall–Kier alpha value is -1.36. The second-order valence-corrected chi connectivity index (χ2v) is 5.89.